The molecular formula is C106H71N3O2. The van der Waals surface area contributed by atoms with Crippen molar-refractivity contribution in [2.45, 2.75) is 24.7 Å². The van der Waals surface area contributed by atoms with Crippen LogP contribution in [-0.4, -0.2) is 4.57 Å². The minimum absolute atomic E-state index is 0.114. The molecule has 17 aromatic carbocycles. The Morgan fingerprint density at radius 3 is 1.24 bits per heavy atom. The summed E-state index contributed by atoms with van der Waals surface area (Å²) < 4.78 is 15.2. The minimum atomic E-state index is -0.403. The summed E-state index contributed by atoms with van der Waals surface area (Å²) in [7, 11) is 0. The SMILES string of the molecule is CC1(C)c2ccccc2-c2ccc(N(c3ccc(-c4ccccc4)cc3)c3cccc4c3-c3ccccc3C43c4ccccc4-c4ccccc43)cc21.c1ccc(-n2c3ccccc3c3cc(N(c4ccc(-c5cccc6c5oc5ccccc56)cc4)c4ccc(-c5cccc6c5oc5ccccc56)cc4)ccc32)cc1. The Bertz CT molecular complexity index is 6900. The highest BCUT2D eigenvalue weighted by atomic mass is 16.3. The van der Waals surface area contributed by atoms with Crippen molar-refractivity contribution in [3.63, 3.8) is 0 Å². The molecule has 0 fully saturated rings. The van der Waals surface area contributed by atoms with E-state index in [1.54, 1.807) is 0 Å². The molecule has 5 nitrogen and oxygen atoms in total. The van der Waals surface area contributed by atoms with Crippen LogP contribution in [0.3, 0.4) is 0 Å². The molecule has 0 saturated carbocycles. The number of nitrogens with zero attached hydrogens (tertiary/aromatic N) is 3. The number of hydrogen-bond donors (Lipinski definition) is 0. The lowest BCUT2D eigenvalue weighted by atomic mass is 9.70. The summed E-state index contributed by atoms with van der Waals surface area (Å²) in [6.07, 6.45) is 0. The molecule has 20 aromatic rings. The fraction of sp³-hybridized carbons (Fsp3) is 0.0377. The third-order valence-corrected chi connectivity index (χ3v) is 23.9. The first kappa shape index (κ1) is 64.0. The monoisotopic (exact) mass is 1420 g/mol. The van der Waals surface area contributed by atoms with Gasteiger partial charge in [-0.05, 0) is 187 Å². The Labute approximate surface area is 643 Å². The van der Waals surface area contributed by atoms with E-state index in [2.05, 4.69) is 398 Å². The van der Waals surface area contributed by atoms with Crippen LogP contribution in [0.15, 0.2) is 403 Å². The first-order valence-corrected chi connectivity index (χ1v) is 38.4. The van der Waals surface area contributed by atoms with Gasteiger partial charge in [-0.3, -0.25) is 0 Å². The van der Waals surface area contributed by atoms with Gasteiger partial charge in [0.15, 0.2) is 0 Å². The topological polar surface area (TPSA) is 37.7 Å². The molecule has 0 atom stereocenters. The van der Waals surface area contributed by atoms with Gasteiger partial charge in [-0.2, -0.15) is 0 Å². The summed E-state index contributed by atoms with van der Waals surface area (Å²) in [5, 5.41) is 6.92. The van der Waals surface area contributed by atoms with Crippen molar-refractivity contribution in [3.05, 3.63) is 428 Å². The van der Waals surface area contributed by atoms with Crippen LogP contribution in [0.2, 0.25) is 0 Å². The molecule has 0 aliphatic heterocycles. The third-order valence-electron chi connectivity index (χ3n) is 23.9. The second-order valence-corrected chi connectivity index (χ2v) is 30.1. The molecule has 0 unspecified atom stereocenters. The molecule has 0 radical (unpaired) electrons. The van der Waals surface area contributed by atoms with Gasteiger partial charge in [0.05, 0.1) is 22.1 Å². The third kappa shape index (κ3) is 9.82. The summed E-state index contributed by atoms with van der Waals surface area (Å²) in [4.78, 5) is 4.86. The van der Waals surface area contributed by atoms with Crippen molar-refractivity contribution >= 4 is 99.8 Å². The maximum Gasteiger partial charge on any atom is 0.143 e. The van der Waals surface area contributed by atoms with Gasteiger partial charge in [-0.15, -0.1) is 0 Å². The zero-order valence-electron chi connectivity index (χ0n) is 61.2. The number of furan rings is 2. The summed E-state index contributed by atoms with van der Waals surface area (Å²) in [6, 6.07) is 143. The molecule has 0 N–H and O–H groups in total. The predicted octanol–water partition coefficient (Wildman–Crippen LogP) is 28.9. The number of para-hydroxylation sites is 6. The zero-order chi connectivity index (χ0) is 73.5. The van der Waals surface area contributed by atoms with E-state index in [0.717, 1.165) is 100 Å². The molecule has 0 bridgehead atoms. The van der Waals surface area contributed by atoms with Crippen LogP contribution in [0.1, 0.15) is 47.2 Å². The highest BCUT2D eigenvalue weighted by molar-refractivity contribution is 6.13. The molecule has 5 heteroatoms. The Kier molecular flexibility index (Phi) is 14.5. The Balaban J connectivity index is 0.000000137. The van der Waals surface area contributed by atoms with Gasteiger partial charge in [0.25, 0.3) is 0 Å². The first-order valence-electron chi connectivity index (χ1n) is 38.4. The molecule has 3 aliphatic carbocycles. The lowest BCUT2D eigenvalue weighted by Gasteiger charge is -2.32. The van der Waals surface area contributed by atoms with Crippen LogP contribution in [-0.2, 0) is 10.8 Å². The Morgan fingerprint density at radius 1 is 0.243 bits per heavy atom. The van der Waals surface area contributed by atoms with Crippen molar-refractivity contribution in [2.75, 3.05) is 9.80 Å². The molecule has 0 saturated heterocycles. The molecule has 23 rings (SSSR count). The second kappa shape index (κ2) is 25.2. The van der Waals surface area contributed by atoms with Crippen LogP contribution in [0.5, 0.6) is 0 Å². The van der Waals surface area contributed by atoms with Gasteiger partial charge in [0.1, 0.15) is 22.3 Å². The predicted molar refractivity (Wildman–Crippen MR) is 461 cm³/mol. The highest BCUT2D eigenvalue weighted by Gasteiger charge is 2.52. The number of aromatic nitrogens is 1. The van der Waals surface area contributed by atoms with Crippen molar-refractivity contribution in [1.82, 2.24) is 4.57 Å². The molecule has 3 heterocycles. The van der Waals surface area contributed by atoms with Crippen LogP contribution < -0.4 is 9.80 Å². The molecule has 522 valence electrons. The average molecular weight is 1420 g/mol. The zero-order valence-corrected chi connectivity index (χ0v) is 61.2. The molecule has 0 amide bonds. The number of hydrogen-bond acceptors (Lipinski definition) is 4. The smallest absolute Gasteiger partial charge is 0.143 e. The van der Waals surface area contributed by atoms with E-state index in [0.29, 0.717) is 0 Å². The lowest BCUT2D eigenvalue weighted by Crippen LogP contribution is -2.26. The highest BCUT2D eigenvalue weighted by Crippen LogP contribution is 2.65. The van der Waals surface area contributed by atoms with Crippen molar-refractivity contribution in [1.29, 1.82) is 0 Å². The van der Waals surface area contributed by atoms with E-state index in [1.165, 1.54) is 105 Å². The number of benzene rings is 17. The Hall–Kier alpha value is -14.3. The Morgan fingerprint density at radius 2 is 0.640 bits per heavy atom. The second-order valence-electron chi connectivity index (χ2n) is 30.1. The van der Waals surface area contributed by atoms with Crippen molar-refractivity contribution in [2.24, 2.45) is 0 Å². The lowest BCUT2D eigenvalue weighted by molar-refractivity contribution is 0.660. The summed E-state index contributed by atoms with van der Waals surface area (Å²) >= 11 is 0. The van der Waals surface area contributed by atoms with Gasteiger partial charge >= 0.3 is 0 Å². The number of rotatable bonds is 10. The minimum Gasteiger partial charge on any atom is -0.455 e. The van der Waals surface area contributed by atoms with Crippen molar-refractivity contribution in [3.8, 4) is 72.4 Å². The molecule has 111 heavy (non-hydrogen) atoms. The maximum atomic E-state index is 6.44. The molecular weight excluding hydrogens is 1350 g/mol. The van der Waals surface area contributed by atoms with Gasteiger partial charge in [0.2, 0.25) is 0 Å². The van der Waals surface area contributed by atoms with E-state index < -0.39 is 5.41 Å². The fourth-order valence-corrected chi connectivity index (χ4v) is 18.9. The standard InChI is InChI=1S/C54H34N2O2.C52H37N/c1-2-12-37(13-3-1)56-49-21-7-4-14-43(49)48-34-40(32-33-50(48)56)55(38-28-24-35(25-29-38)41-17-10-19-46-44-15-5-8-22-51(44)57-53(41)46)39-30-26-36(27-31-39)42-18-11-20-47-45-16-6-9-23-52(45)58-54(42)47;1-51(2)43-21-10-6-17-38(43)41-32-31-37(33-48(41)51)53(36-29-27-35(28-30-36)34-15-4-3-5-16-34)49-26-14-25-47-50(49)42-20-9-13-24-46(42)52(47)44-22-11-7-18-39(44)40-19-8-12-23-45(40)52/h1-34H;3-33H,1-2H3. The van der Waals surface area contributed by atoms with E-state index >= 15 is 0 Å². The fourth-order valence-electron chi connectivity index (χ4n) is 18.9. The molecule has 1 spiro atoms. The van der Waals surface area contributed by atoms with Gasteiger partial charge < -0.3 is 23.2 Å². The van der Waals surface area contributed by atoms with Crippen LogP contribution >= 0.6 is 0 Å². The molecule has 3 aromatic heterocycles. The normalized spacial score (nSPS) is 13.1. The van der Waals surface area contributed by atoms with E-state index in [9.17, 15) is 0 Å². The van der Waals surface area contributed by atoms with Crippen LogP contribution in [0.4, 0.5) is 34.1 Å². The van der Waals surface area contributed by atoms with Crippen LogP contribution in [0.25, 0.3) is 138 Å². The number of anilines is 6. The van der Waals surface area contributed by atoms with E-state index in [1.807, 2.05) is 24.3 Å². The van der Waals surface area contributed by atoms with E-state index in [4.69, 9.17) is 8.83 Å². The van der Waals surface area contributed by atoms with Crippen molar-refractivity contribution < 1.29 is 8.83 Å². The average Bonchev–Trinajstić information content (AvgIpc) is 1.50. The molecule has 3 aliphatic rings. The number of fused-ring (bicyclic) bond motifs is 22. The maximum absolute atomic E-state index is 6.44. The summed E-state index contributed by atoms with van der Waals surface area (Å²) in [5.74, 6) is 0. The largest absolute Gasteiger partial charge is 0.455 e. The van der Waals surface area contributed by atoms with E-state index in [-0.39, 0.29) is 5.41 Å². The van der Waals surface area contributed by atoms with Crippen LogP contribution in [0, 0.1) is 0 Å². The van der Waals surface area contributed by atoms with Gasteiger partial charge in [-0.1, -0.05) is 305 Å². The van der Waals surface area contributed by atoms with Gasteiger partial charge in [-0.25, -0.2) is 0 Å². The summed E-state index contributed by atoms with van der Waals surface area (Å²) in [5.41, 5.74) is 36.1. The quantitative estimate of drug-likeness (QED) is 0.137. The van der Waals surface area contributed by atoms with Gasteiger partial charge in [0, 0.05) is 88.5 Å². The summed E-state index contributed by atoms with van der Waals surface area (Å²) in [6.45, 7) is 4.74. The first-order chi connectivity index (χ1) is 54.8.